The van der Waals surface area contributed by atoms with Gasteiger partial charge in [-0.1, -0.05) is 0 Å². The molecule has 2 aliphatic heterocycles. The Balaban J connectivity index is 1.30. The summed E-state index contributed by atoms with van der Waals surface area (Å²) in [7, 11) is 1.57. The molecule has 190 valence electrons. The number of ether oxygens (including phenoxy) is 4. The Bertz CT molecular complexity index is 1230. The van der Waals surface area contributed by atoms with Crippen LogP contribution in [0.15, 0.2) is 42.6 Å². The molecule has 3 heterocycles. The lowest BCUT2D eigenvalue weighted by molar-refractivity contribution is 0.0357. The van der Waals surface area contributed by atoms with Crippen LogP contribution >= 0.6 is 0 Å². The van der Waals surface area contributed by atoms with E-state index in [1.165, 1.54) is 17.0 Å². The second-order valence-electron chi connectivity index (χ2n) is 8.59. The minimum Gasteiger partial charge on any atom is -0.493 e. The summed E-state index contributed by atoms with van der Waals surface area (Å²) in [6.45, 7) is 5.96. The zero-order chi connectivity index (χ0) is 24.9. The first-order chi connectivity index (χ1) is 17.6. The van der Waals surface area contributed by atoms with Gasteiger partial charge in [0.2, 0.25) is 0 Å². The van der Waals surface area contributed by atoms with E-state index in [0.29, 0.717) is 53.5 Å². The van der Waals surface area contributed by atoms with Gasteiger partial charge < -0.3 is 24.3 Å². The maximum atomic E-state index is 14.9. The lowest BCUT2D eigenvalue weighted by atomic mass is 10.1. The van der Waals surface area contributed by atoms with E-state index in [1.54, 1.807) is 37.6 Å². The molecular weight excluding hydrogens is 467 g/mol. The van der Waals surface area contributed by atoms with Gasteiger partial charge in [-0.2, -0.15) is 0 Å². The van der Waals surface area contributed by atoms with Gasteiger partial charge in [0.1, 0.15) is 5.75 Å². The number of benzene rings is 2. The van der Waals surface area contributed by atoms with Crippen LogP contribution < -0.4 is 24.4 Å². The summed E-state index contributed by atoms with van der Waals surface area (Å²) in [6, 6.07) is 9.51. The zero-order valence-corrected chi connectivity index (χ0v) is 20.2. The van der Waals surface area contributed by atoms with E-state index >= 15 is 0 Å². The van der Waals surface area contributed by atoms with Crippen LogP contribution in [-0.4, -0.2) is 75.6 Å². The average molecular weight is 497 g/mol. The fraction of sp³-hybridized carbons (Fsp3) is 0.385. The fourth-order valence-electron chi connectivity index (χ4n) is 4.36. The minimum absolute atomic E-state index is 0.0493. The number of hydrogen-bond acceptors (Lipinski definition) is 7. The molecule has 2 aliphatic rings. The number of methoxy groups -OCH3 is 1. The smallest absolute Gasteiger partial charge is 0.321 e. The first kappa shape index (κ1) is 24.1. The van der Waals surface area contributed by atoms with Crippen molar-refractivity contribution in [1.82, 2.24) is 15.2 Å². The van der Waals surface area contributed by atoms with Crippen LogP contribution in [0.1, 0.15) is 6.42 Å². The first-order valence-corrected chi connectivity index (χ1v) is 12.0. The molecule has 2 amide bonds. The third-order valence-corrected chi connectivity index (χ3v) is 6.27. The monoisotopic (exact) mass is 496 g/mol. The largest absolute Gasteiger partial charge is 0.493 e. The Morgan fingerprint density at radius 3 is 2.67 bits per heavy atom. The molecule has 2 aromatic carbocycles. The number of morpholine rings is 1. The molecule has 0 unspecified atom stereocenters. The van der Waals surface area contributed by atoms with E-state index in [4.69, 9.17) is 18.9 Å². The Hall–Kier alpha value is -3.63. The molecule has 1 N–H and O–H groups in total. The van der Waals surface area contributed by atoms with Gasteiger partial charge in [0.25, 0.3) is 0 Å². The summed E-state index contributed by atoms with van der Waals surface area (Å²) in [4.78, 5) is 20.2. The van der Waals surface area contributed by atoms with Crippen LogP contribution in [0.2, 0.25) is 0 Å². The number of carbonyl (C=O) groups excluding carboxylic acids is 1. The highest BCUT2D eigenvalue weighted by atomic mass is 19.1. The highest BCUT2D eigenvalue weighted by Crippen LogP contribution is 2.38. The van der Waals surface area contributed by atoms with Gasteiger partial charge in [-0.15, -0.1) is 0 Å². The molecule has 2 fully saturated rings. The van der Waals surface area contributed by atoms with Crippen molar-refractivity contribution in [2.75, 3.05) is 64.6 Å². The van der Waals surface area contributed by atoms with Crippen LogP contribution in [-0.2, 0) is 4.74 Å². The van der Waals surface area contributed by atoms with Gasteiger partial charge in [-0.25, -0.2) is 9.18 Å². The van der Waals surface area contributed by atoms with Gasteiger partial charge in [0, 0.05) is 62.1 Å². The quantitative estimate of drug-likeness (QED) is 0.451. The summed E-state index contributed by atoms with van der Waals surface area (Å²) in [5.74, 6) is 1.05. The molecular formula is C26H29FN4O5. The molecule has 1 aromatic heterocycles. The van der Waals surface area contributed by atoms with Crippen LogP contribution in [0, 0.1) is 5.82 Å². The van der Waals surface area contributed by atoms with Crippen molar-refractivity contribution in [3.63, 3.8) is 0 Å². The van der Waals surface area contributed by atoms with Crippen molar-refractivity contribution in [3.8, 4) is 23.0 Å². The van der Waals surface area contributed by atoms with Gasteiger partial charge >= 0.3 is 6.03 Å². The van der Waals surface area contributed by atoms with Crippen molar-refractivity contribution in [1.29, 1.82) is 0 Å². The van der Waals surface area contributed by atoms with Crippen LogP contribution in [0.25, 0.3) is 10.9 Å². The third-order valence-electron chi connectivity index (χ3n) is 6.27. The number of anilines is 1. The number of carbonyl (C=O) groups is 1. The van der Waals surface area contributed by atoms with E-state index in [9.17, 15) is 9.18 Å². The van der Waals surface area contributed by atoms with E-state index in [2.05, 4.69) is 15.2 Å². The maximum absolute atomic E-state index is 14.9. The molecule has 0 bridgehead atoms. The number of nitrogens with zero attached hydrogens (tertiary/aromatic N) is 3. The SMILES string of the molecule is COc1cc2c(Oc3ccc(N4CCNC4=O)cc3F)ccnc2cc1OCCCN1CCOCC1. The molecule has 10 heteroatoms. The molecule has 9 nitrogen and oxygen atoms in total. The van der Waals surface area contributed by atoms with E-state index in [1.807, 2.05) is 0 Å². The van der Waals surface area contributed by atoms with E-state index in [0.717, 1.165) is 39.3 Å². The van der Waals surface area contributed by atoms with Gasteiger partial charge in [-0.3, -0.25) is 14.8 Å². The van der Waals surface area contributed by atoms with Crippen molar-refractivity contribution in [2.45, 2.75) is 6.42 Å². The predicted octanol–water partition coefficient (Wildman–Crippen LogP) is 3.81. The number of fused-ring (bicyclic) bond motifs is 1. The zero-order valence-electron chi connectivity index (χ0n) is 20.2. The van der Waals surface area contributed by atoms with Crippen molar-refractivity contribution >= 4 is 22.6 Å². The number of rotatable bonds is 9. The summed E-state index contributed by atoms with van der Waals surface area (Å²) in [5, 5.41) is 3.37. The molecule has 0 atom stereocenters. The van der Waals surface area contributed by atoms with Gasteiger partial charge in [-0.05, 0) is 30.7 Å². The Morgan fingerprint density at radius 2 is 1.92 bits per heavy atom. The number of amides is 2. The lowest BCUT2D eigenvalue weighted by Gasteiger charge is -2.26. The molecule has 2 saturated heterocycles. The predicted molar refractivity (Wildman–Crippen MR) is 133 cm³/mol. The normalized spacial score (nSPS) is 16.3. The number of pyridine rings is 1. The lowest BCUT2D eigenvalue weighted by Crippen LogP contribution is -2.37. The molecule has 0 spiro atoms. The van der Waals surface area contributed by atoms with E-state index in [-0.39, 0.29) is 11.8 Å². The topological polar surface area (TPSA) is 85.4 Å². The number of hydrogen-bond donors (Lipinski definition) is 1. The third kappa shape index (κ3) is 5.29. The van der Waals surface area contributed by atoms with Crippen molar-refractivity contribution in [2.24, 2.45) is 0 Å². The van der Waals surface area contributed by atoms with E-state index < -0.39 is 5.82 Å². The maximum Gasteiger partial charge on any atom is 0.321 e. The molecule has 0 radical (unpaired) electrons. The highest BCUT2D eigenvalue weighted by molar-refractivity contribution is 5.94. The summed E-state index contributed by atoms with van der Waals surface area (Å²) in [6.07, 6.45) is 2.49. The fourth-order valence-corrected chi connectivity index (χ4v) is 4.36. The van der Waals surface area contributed by atoms with Gasteiger partial charge in [0.05, 0.1) is 32.4 Å². The molecule has 36 heavy (non-hydrogen) atoms. The van der Waals surface area contributed by atoms with Crippen LogP contribution in [0.3, 0.4) is 0 Å². The van der Waals surface area contributed by atoms with Crippen molar-refractivity contribution < 1.29 is 28.1 Å². The number of aromatic nitrogens is 1. The molecule has 0 saturated carbocycles. The second kappa shape index (κ2) is 11.0. The Morgan fingerprint density at radius 1 is 1.06 bits per heavy atom. The highest BCUT2D eigenvalue weighted by Gasteiger charge is 2.22. The molecule has 0 aliphatic carbocycles. The number of nitrogens with one attached hydrogen (secondary N) is 1. The van der Waals surface area contributed by atoms with Gasteiger partial charge in [0.15, 0.2) is 23.1 Å². The second-order valence-corrected chi connectivity index (χ2v) is 8.59. The van der Waals surface area contributed by atoms with Crippen LogP contribution in [0.5, 0.6) is 23.0 Å². The Labute approximate surface area is 208 Å². The first-order valence-electron chi connectivity index (χ1n) is 12.0. The summed E-state index contributed by atoms with van der Waals surface area (Å²) in [5.41, 5.74) is 1.12. The summed E-state index contributed by atoms with van der Waals surface area (Å²) < 4.78 is 37.8. The molecule has 5 rings (SSSR count). The number of halogens is 1. The Kier molecular flexibility index (Phi) is 7.33. The van der Waals surface area contributed by atoms with Crippen molar-refractivity contribution in [3.05, 3.63) is 48.4 Å². The van der Waals surface area contributed by atoms with Crippen LogP contribution in [0.4, 0.5) is 14.9 Å². The average Bonchev–Trinajstić information content (AvgIpc) is 3.34. The molecule has 3 aromatic rings. The number of urea groups is 1. The summed E-state index contributed by atoms with van der Waals surface area (Å²) >= 11 is 0. The standard InChI is InChI=1S/C26H29FN4O5/c1-33-24-16-19-21(17-25(24)35-12-2-8-30-10-13-34-14-11-30)28-6-5-22(19)36-23-4-3-18(15-20(23)27)31-9-7-29-26(31)32/h3-6,15-17H,2,7-14H2,1H3,(H,29,32). The minimum atomic E-state index is -0.565.